The van der Waals surface area contributed by atoms with Crippen LogP contribution >= 0.6 is 0 Å². The zero-order chi connectivity index (χ0) is 18.0. The number of primary amides is 2. The number of rotatable bonds is 4. The largest absolute Gasteiger partial charge is 0.368 e. The number of likely N-dealkylation sites (tertiary alicyclic amines) is 1. The molecule has 1 heterocycles. The van der Waals surface area contributed by atoms with Gasteiger partial charge in [0.05, 0.1) is 6.04 Å². The molecule has 25 heavy (non-hydrogen) atoms. The Morgan fingerprint density at radius 3 is 2.64 bits per heavy atom. The number of carbonyl (C=O) groups excluding carboxylic acids is 2. The van der Waals surface area contributed by atoms with Crippen molar-refractivity contribution in [3.05, 3.63) is 41.0 Å². The van der Waals surface area contributed by atoms with E-state index in [0.29, 0.717) is 5.56 Å². The van der Waals surface area contributed by atoms with E-state index in [0.717, 1.165) is 44.2 Å². The molecule has 2 aliphatic rings. The second-order valence-corrected chi connectivity index (χ2v) is 7.26. The van der Waals surface area contributed by atoms with E-state index < -0.39 is 0 Å². The Kier molecular flexibility index (Phi) is 5.23. The van der Waals surface area contributed by atoms with Gasteiger partial charge in [-0.15, -0.1) is 0 Å². The highest BCUT2D eigenvalue weighted by Gasteiger charge is 2.31. The summed E-state index contributed by atoms with van der Waals surface area (Å²) in [5.41, 5.74) is 15.1. The van der Waals surface area contributed by atoms with Gasteiger partial charge in [0, 0.05) is 5.56 Å². The van der Waals surface area contributed by atoms with Crippen LogP contribution in [0, 0.1) is 0 Å². The molecule has 3 rings (SSSR count). The molecule has 0 aromatic heterocycles. The van der Waals surface area contributed by atoms with Crippen molar-refractivity contribution in [1.82, 2.24) is 4.90 Å². The molecule has 0 saturated carbocycles. The predicted octanol–water partition coefficient (Wildman–Crippen LogP) is 2.41. The second kappa shape index (κ2) is 7.40. The predicted molar refractivity (Wildman–Crippen MR) is 99.0 cm³/mol. The summed E-state index contributed by atoms with van der Waals surface area (Å²) in [6.07, 6.45) is 8.32. The molecule has 0 spiro atoms. The molecule has 1 fully saturated rings. The molecule has 2 atom stereocenters. The summed E-state index contributed by atoms with van der Waals surface area (Å²) in [5.74, 6) is -0.374. The Balaban J connectivity index is 1.93. The first-order valence-electron chi connectivity index (χ1n) is 9.10. The molecule has 0 bridgehead atoms. The van der Waals surface area contributed by atoms with Crippen LogP contribution in [-0.2, 0) is 4.79 Å². The van der Waals surface area contributed by atoms with Gasteiger partial charge >= 0.3 is 0 Å². The Bertz CT molecular complexity index is 711. The number of nitrogens with zero attached hydrogens (tertiary/aromatic N) is 1. The second-order valence-electron chi connectivity index (χ2n) is 7.26. The van der Waals surface area contributed by atoms with Gasteiger partial charge in [0.1, 0.15) is 0 Å². The molecule has 2 unspecified atom stereocenters. The number of piperidine rings is 1. The lowest BCUT2D eigenvalue weighted by Crippen LogP contribution is -2.47. The number of benzene rings is 1. The van der Waals surface area contributed by atoms with Crippen LogP contribution in [0.3, 0.4) is 0 Å². The smallest absolute Gasteiger partial charge is 0.249 e. The third-order valence-corrected chi connectivity index (χ3v) is 5.62. The Morgan fingerprint density at radius 1 is 1.20 bits per heavy atom. The molecule has 5 heteroatoms. The zero-order valence-corrected chi connectivity index (χ0v) is 14.8. The SMILES string of the molecule is CN1CCC(c2ccc(C(N)=O)c(C3=CCCCC3)c2)CC1C(N)=O. The summed E-state index contributed by atoms with van der Waals surface area (Å²) in [6, 6.07) is 5.72. The van der Waals surface area contributed by atoms with Gasteiger partial charge in [0.25, 0.3) is 0 Å². The first-order valence-corrected chi connectivity index (χ1v) is 9.10. The Morgan fingerprint density at radius 2 is 2.00 bits per heavy atom. The minimum atomic E-state index is -0.383. The fourth-order valence-corrected chi connectivity index (χ4v) is 4.10. The standard InChI is InChI=1S/C20H27N3O2/c1-23-10-9-15(12-18(23)20(22)25)14-7-8-16(19(21)24)17(11-14)13-5-3-2-4-6-13/h5,7-8,11,15,18H,2-4,6,9-10,12H2,1H3,(H2,21,24)(H2,22,25). The maximum atomic E-state index is 11.9. The molecular formula is C20H27N3O2. The molecule has 1 aliphatic carbocycles. The van der Waals surface area contributed by atoms with Crippen molar-refractivity contribution in [3.8, 4) is 0 Å². The van der Waals surface area contributed by atoms with Crippen molar-refractivity contribution in [2.24, 2.45) is 11.5 Å². The van der Waals surface area contributed by atoms with E-state index in [1.54, 1.807) is 0 Å². The monoisotopic (exact) mass is 341 g/mol. The van der Waals surface area contributed by atoms with Crippen LogP contribution in [0.2, 0.25) is 0 Å². The first-order chi connectivity index (χ1) is 12.0. The topological polar surface area (TPSA) is 89.4 Å². The van der Waals surface area contributed by atoms with E-state index in [1.165, 1.54) is 17.6 Å². The number of amides is 2. The normalized spacial score (nSPS) is 24.6. The van der Waals surface area contributed by atoms with Crippen LogP contribution in [0.25, 0.3) is 5.57 Å². The molecule has 0 radical (unpaired) electrons. The van der Waals surface area contributed by atoms with Crippen molar-refractivity contribution in [2.45, 2.75) is 50.5 Å². The zero-order valence-electron chi connectivity index (χ0n) is 14.8. The van der Waals surface area contributed by atoms with E-state index in [2.05, 4.69) is 12.1 Å². The molecule has 1 aliphatic heterocycles. The molecule has 5 nitrogen and oxygen atoms in total. The highest BCUT2D eigenvalue weighted by atomic mass is 16.1. The van der Waals surface area contributed by atoms with E-state index in [9.17, 15) is 9.59 Å². The minimum Gasteiger partial charge on any atom is -0.368 e. The van der Waals surface area contributed by atoms with E-state index in [4.69, 9.17) is 11.5 Å². The maximum absolute atomic E-state index is 11.9. The van der Waals surface area contributed by atoms with Gasteiger partial charge < -0.3 is 11.5 Å². The van der Waals surface area contributed by atoms with Crippen molar-refractivity contribution in [2.75, 3.05) is 13.6 Å². The molecule has 134 valence electrons. The fourth-order valence-electron chi connectivity index (χ4n) is 4.10. The quantitative estimate of drug-likeness (QED) is 0.881. The minimum absolute atomic E-state index is 0.230. The van der Waals surface area contributed by atoms with Gasteiger partial charge in [-0.1, -0.05) is 18.2 Å². The average Bonchev–Trinajstić information content (AvgIpc) is 2.62. The molecule has 2 amide bonds. The summed E-state index contributed by atoms with van der Waals surface area (Å²) in [5, 5.41) is 0. The van der Waals surface area contributed by atoms with Gasteiger partial charge in [-0.2, -0.15) is 0 Å². The van der Waals surface area contributed by atoms with Crippen LogP contribution in [0.1, 0.15) is 65.9 Å². The number of hydrogen-bond acceptors (Lipinski definition) is 3. The third-order valence-electron chi connectivity index (χ3n) is 5.62. The molecule has 1 aromatic rings. The van der Waals surface area contributed by atoms with Gasteiger partial charge in [0.15, 0.2) is 0 Å². The number of carbonyl (C=O) groups is 2. The molecule has 4 N–H and O–H groups in total. The van der Waals surface area contributed by atoms with E-state index in [1.807, 2.05) is 24.1 Å². The first kappa shape index (κ1) is 17.7. The number of nitrogens with two attached hydrogens (primary N) is 2. The van der Waals surface area contributed by atoms with Gasteiger partial charge in [-0.25, -0.2) is 0 Å². The lowest BCUT2D eigenvalue weighted by molar-refractivity contribution is -0.124. The van der Waals surface area contributed by atoms with Crippen LogP contribution < -0.4 is 11.5 Å². The van der Waals surface area contributed by atoms with Crippen molar-refractivity contribution in [3.63, 3.8) is 0 Å². The molecule has 1 aromatic carbocycles. The van der Waals surface area contributed by atoms with Crippen LogP contribution in [0.4, 0.5) is 0 Å². The summed E-state index contributed by atoms with van der Waals surface area (Å²) in [4.78, 5) is 25.6. The number of allylic oxidation sites excluding steroid dienone is 2. The third kappa shape index (κ3) is 3.76. The van der Waals surface area contributed by atoms with E-state index in [-0.39, 0.29) is 23.8 Å². The van der Waals surface area contributed by atoms with Crippen LogP contribution in [-0.4, -0.2) is 36.3 Å². The van der Waals surface area contributed by atoms with E-state index >= 15 is 0 Å². The molecule has 1 saturated heterocycles. The summed E-state index contributed by atoms with van der Waals surface area (Å²) in [6.45, 7) is 0.841. The lowest BCUT2D eigenvalue weighted by Gasteiger charge is -2.35. The number of hydrogen-bond donors (Lipinski definition) is 2. The van der Waals surface area contributed by atoms with Crippen LogP contribution in [0.15, 0.2) is 24.3 Å². The summed E-state index contributed by atoms with van der Waals surface area (Å²) < 4.78 is 0. The maximum Gasteiger partial charge on any atom is 0.249 e. The summed E-state index contributed by atoms with van der Waals surface area (Å²) in [7, 11) is 1.94. The van der Waals surface area contributed by atoms with Crippen molar-refractivity contribution in [1.29, 1.82) is 0 Å². The fraction of sp³-hybridized carbons (Fsp3) is 0.500. The highest BCUT2D eigenvalue weighted by Crippen LogP contribution is 2.35. The van der Waals surface area contributed by atoms with Gasteiger partial charge in [-0.05, 0) is 80.8 Å². The van der Waals surface area contributed by atoms with Crippen molar-refractivity contribution >= 4 is 17.4 Å². The van der Waals surface area contributed by atoms with Gasteiger partial charge in [0.2, 0.25) is 11.8 Å². The average molecular weight is 341 g/mol. The highest BCUT2D eigenvalue weighted by molar-refractivity contribution is 5.98. The lowest BCUT2D eigenvalue weighted by atomic mass is 9.82. The molecular weight excluding hydrogens is 314 g/mol. The Hall–Kier alpha value is -2.14. The van der Waals surface area contributed by atoms with Crippen molar-refractivity contribution < 1.29 is 9.59 Å². The Labute approximate surface area is 149 Å². The number of likely N-dealkylation sites (N-methyl/N-ethyl adjacent to an activating group) is 1. The summed E-state index contributed by atoms with van der Waals surface area (Å²) >= 11 is 0. The van der Waals surface area contributed by atoms with Gasteiger partial charge in [-0.3, -0.25) is 14.5 Å². The van der Waals surface area contributed by atoms with Crippen LogP contribution in [0.5, 0.6) is 0 Å².